The zero-order chi connectivity index (χ0) is 29.6. The molecule has 0 atom stereocenters. The highest BCUT2D eigenvalue weighted by Crippen LogP contribution is 2.17. The van der Waals surface area contributed by atoms with Gasteiger partial charge in [0.05, 0.1) is 12.3 Å². The van der Waals surface area contributed by atoms with Gasteiger partial charge in [-0.3, -0.25) is 9.59 Å². The maximum Gasteiger partial charge on any atom is 0.247 e. The lowest BCUT2D eigenvalue weighted by molar-refractivity contribution is -0.117. The Bertz CT molecular complexity index is 1480. The highest BCUT2D eigenvalue weighted by atomic mass is 16.5. The zero-order valence-electron chi connectivity index (χ0n) is 23.6. The fraction of sp³-hybridized carbons (Fsp3) is 0.176. The normalized spacial score (nSPS) is 11.5. The van der Waals surface area contributed by atoms with Gasteiger partial charge in [0.25, 0.3) is 0 Å². The van der Waals surface area contributed by atoms with Gasteiger partial charge in [-0.25, -0.2) is 0 Å². The molecule has 7 heteroatoms. The molecule has 0 unspecified atom stereocenters. The number of aldehydes is 1. The molecule has 0 bridgehead atoms. The third-order valence-corrected chi connectivity index (χ3v) is 6.16. The predicted octanol–water partition coefficient (Wildman–Crippen LogP) is 6.38. The van der Waals surface area contributed by atoms with E-state index >= 15 is 0 Å². The number of carbonyl (C=O) groups is 2. The number of nitrogens with one attached hydrogen (secondary N) is 2. The van der Waals surface area contributed by atoms with Crippen LogP contribution in [0.25, 0.3) is 11.0 Å². The van der Waals surface area contributed by atoms with Crippen molar-refractivity contribution in [3.05, 3.63) is 137 Å². The topological polar surface area (TPSA) is 101 Å². The van der Waals surface area contributed by atoms with Crippen molar-refractivity contribution < 1.29 is 23.8 Å². The largest absolute Gasteiger partial charge is 0.508 e. The van der Waals surface area contributed by atoms with Crippen LogP contribution in [0.15, 0.2) is 119 Å². The number of benzene rings is 3. The van der Waals surface area contributed by atoms with Crippen LogP contribution >= 0.6 is 0 Å². The van der Waals surface area contributed by atoms with Gasteiger partial charge in [0.15, 0.2) is 12.0 Å². The van der Waals surface area contributed by atoms with Gasteiger partial charge in [-0.15, -0.1) is 0 Å². The van der Waals surface area contributed by atoms with Crippen LogP contribution in [0, 0.1) is 6.92 Å². The average Bonchev–Trinajstić information content (AvgIpc) is 3.42. The van der Waals surface area contributed by atoms with Crippen molar-refractivity contribution in [1.82, 2.24) is 10.6 Å². The molecule has 0 spiro atoms. The van der Waals surface area contributed by atoms with Gasteiger partial charge in [-0.05, 0) is 61.4 Å². The SMILES string of the molecule is C=C/C(NC)=C(\C=C(/C)C(=O)NCc1ccc(C)cc1)OCCc1ccc(O)cc1.O=Cc1cc2ccccc2o1. The first kappa shape index (κ1) is 30.5. The third-order valence-electron chi connectivity index (χ3n) is 6.16. The predicted molar refractivity (Wildman–Crippen MR) is 162 cm³/mol. The number of allylic oxidation sites excluding steroid dienone is 2. The molecular weight excluding hydrogens is 516 g/mol. The molecule has 212 valence electrons. The maximum atomic E-state index is 12.5. The minimum atomic E-state index is -0.158. The molecular formula is C34H36N2O5. The van der Waals surface area contributed by atoms with Crippen LogP contribution in [0.1, 0.15) is 34.2 Å². The van der Waals surface area contributed by atoms with E-state index in [-0.39, 0.29) is 11.7 Å². The van der Waals surface area contributed by atoms with Crippen LogP contribution in [-0.2, 0) is 22.5 Å². The number of hydrogen-bond acceptors (Lipinski definition) is 6. The standard InChI is InChI=1S/C25H30N2O3.C9H6O2/c1-5-23(26-4)24(30-15-14-20-10-12-22(28)13-11-20)16-19(3)25(29)27-17-21-8-6-18(2)7-9-21;10-6-8-5-7-3-1-2-4-9(7)11-8/h5-13,16,26,28H,1,14-15,17H2,2-4H3,(H,27,29);1-6H/b19-16+,24-23-;. The lowest BCUT2D eigenvalue weighted by Crippen LogP contribution is -2.23. The van der Waals surface area contributed by atoms with E-state index in [1.807, 2.05) is 67.6 Å². The van der Waals surface area contributed by atoms with E-state index in [4.69, 9.17) is 9.15 Å². The van der Waals surface area contributed by atoms with E-state index in [0.717, 1.165) is 22.1 Å². The molecule has 1 heterocycles. The smallest absolute Gasteiger partial charge is 0.247 e. The molecule has 0 aliphatic carbocycles. The number of phenols is 1. The Balaban J connectivity index is 0.000000346. The van der Waals surface area contributed by atoms with Crippen molar-refractivity contribution in [3.63, 3.8) is 0 Å². The van der Waals surface area contributed by atoms with Crippen LogP contribution in [0.4, 0.5) is 0 Å². The van der Waals surface area contributed by atoms with E-state index in [1.54, 1.807) is 44.3 Å². The fourth-order valence-corrected chi connectivity index (χ4v) is 3.81. The second-order valence-corrected chi connectivity index (χ2v) is 9.30. The second-order valence-electron chi connectivity index (χ2n) is 9.30. The molecule has 41 heavy (non-hydrogen) atoms. The number of phenolic OH excluding ortho intramolecular Hbond substituents is 1. The summed E-state index contributed by atoms with van der Waals surface area (Å²) in [7, 11) is 1.78. The number of para-hydroxylation sites is 1. The van der Waals surface area contributed by atoms with E-state index in [9.17, 15) is 14.7 Å². The number of amides is 1. The molecule has 1 amide bonds. The summed E-state index contributed by atoms with van der Waals surface area (Å²) in [5.74, 6) is 1.01. The number of rotatable bonds is 11. The van der Waals surface area contributed by atoms with Gasteiger partial charge in [0.2, 0.25) is 5.91 Å². The van der Waals surface area contributed by atoms with Crippen molar-refractivity contribution in [2.75, 3.05) is 13.7 Å². The van der Waals surface area contributed by atoms with Crippen LogP contribution in [0.2, 0.25) is 0 Å². The minimum Gasteiger partial charge on any atom is -0.508 e. The molecule has 0 saturated carbocycles. The summed E-state index contributed by atoms with van der Waals surface area (Å²) in [4.78, 5) is 22.8. The summed E-state index contributed by atoms with van der Waals surface area (Å²) >= 11 is 0. The molecule has 0 radical (unpaired) electrons. The van der Waals surface area contributed by atoms with Crippen LogP contribution < -0.4 is 10.6 Å². The average molecular weight is 553 g/mol. The molecule has 0 aliphatic rings. The Morgan fingerprint density at radius 3 is 2.34 bits per heavy atom. The quantitative estimate of drug-likeness (QED) is 0.0863. The van der Waals surface area contributed by atoms with Gasteiger partial charge in [-0.2, -0.15) is 0 Å². The lowest BCUT2D eigenvalue weighted by atomic mass is 10.1. The summed E-state index contributed by atoms with van der Waals surface area (Å²) in [5, 5.41) is 16.3. The van der Waals surface area contributed by atoms with Gasteiger partial charge in [-0.1, -0.05) is 66.7 Å². The number of likely N-dealkylation sites (N-methyl/N-ethyl adjacent to an activating group) is 1. The minimum absolute atomic E-state index is 0.158. The highest BCUT2D eigenvalue weighted by molar-refractivity contribution is 5.93. The summed E-state index contributed by atoms with van der Waals surface area (Å²) in [5.41, 5.74) is 5.28. The number of fused-ring (bicyclic) bond motifs is 1. The first-order valence-corrected chi connectivity index (χ1v) is 13.2. The molecule has 0 aliphatic heterocycles. The summed E-state index contributed by atoms with van der Waals surface area (Å²) in [6.45, 7) is 8.48. The Morgan fingerprint density at radius 2 is 1.71 bits per heavy atom. The van der Waals surface area contributed by atoms with Gasteiger partial charge >= 0.3 is 0 Å². The number of furan rings is 1. The van der Waals surface area contributed by atoms with E-state index < -0.39 is 0 Å². The van der Waals surface area contributed by atoms with Crippen LogP contribution in [0.5, 0.6) is 5.75 Å². The van der Waals surface area contributed by atoms with Gasteiger partial charge < -0.3 is 24.9 Å². The van der Waals surface area contributed by atoms with Crippen molar-refractivity contribution in [2.45, 2.75) is 26.8 Å². The monoisotopic (exact) mass is 552 g/mol. The van der Waals surface area contributed by atoms with E-state index in [1.165, 1.54) is 5.56 Å². The summed E-state index contributed by atoms with van der Waals surface area (Å²) in [6.07, 6.45) is 4.75. The van der Waals surface area contributed by atoms with Crippen LogP contribution in [-0.4, -0.2) is 31.0 Å². The van der Waals surface area contributed by atoms with Crippen molar-refractivity contribution in [3.8, 4) is 5.75 Å². The number of hydrogen-bond donors (Lipinski definition) is 3. The van der Waals surface area contributed by atoms with Gasteiger partial charge in [0.1, 0.15) is 17.1 Å². The lowest BCUT2D eigenvalue weighted by Gasteiger charge is -2.13. The maximum absolute atomic E-state index is 12.5. The fourth-order valence-electron chi connectivity index (χ4n) is 3.81. The van der Waals surface area contributed by atoms with Crippen molar-refractivity contribution >= 4 is 23.2 Å². The zero-order valence-corrected chi connectivity index (χ0v) is 23.6. The molecule has 0 saturated heterocycles. The number of ether oxygens (including phenoxy) is 1. The summed E-state index contributed by atoms with van der Waals surface area (Å²) < 4.78 is 11.1. The summed E-state index contributed by atoms with van der Waals surface area (Å²) in [6, 6.07) is 24.3. The number of aromatic hydroxyl groups is 1. The Hall–Kier alpha value is -5.04. The molecule has 4 aromatic rings. The molecule has 0 fully saturated rings. The molecule has 4 rings (SSSR count). The van der Waals surface area contributed by atoms with Crippen LogP contribution in [0.3, 0.4) is 0 Å². The number of aryl methyl sites for hydroxylation is 1. The molecule has 1 aromatic heterocycles. The molecule has 3 N–H and O–H groups in total. The van der Waals surface area contributed by atoms with Crippen molar-refractivity contribution in [1.29, 1.82) is 0 Å². The van der Waals surface area contributed by atoms with E-state index in [0.29, 0.717) is 48.6 Å². The third kappa shape index (κ3) is 9.58. The Labute approximate surface area is 240 Å². The highest BCUT2D eigenvalue weighted by Gasteiger charge is 2.09. The molecule has 7 nitrogen and oxygen atoms in total. The Morgan fingerprint density at radius 1 is 1.02 bits per heavy atom. The van der Waals surface area contributed by atoms with Crippen molar-refractivity contribution in [2.24, 2.45) is 0 Å². The Kier molecular flexibility index (Phi) is 11.5. The first-order valence-electron chi connectivity index (χ1n) is 13.2. The number of carbonyl (C=O) groups excluding carboxylic acids is 2. The second kappa shape index (κ2) is 15.5. The van der Waals surface area contributed by atoms with Gasteiger partial charge in [0, 0.05) is 31.0 Å². The first-order chi connectivity index (χ1) is 19.8. The molecule has 3 aromatic carbocycles. The van der Waals surface area contributed by atoms with E-state index in [2.05, 4.69) is 17.2 Å².